The fraction of sp³-hybridized carbons (Fsp3) is 0.690. The fourth-order valence-corrected chi connectivity index (χ4v) is 6.54. The molecule has 2 aliphatic heterocycles. The minimum absolute atomic E-state index is 0.0235. The van der Waals surface area contributed by atoms with Gasteiger partial charge in [-0.3, -0.25) is 24.0 Å². The Kier molecular flexibility index (Phi) is 9.22. The molecule has 0 N–H and O–H groups in total. The van der Waals surface area contributed by atoms with Crippen LogP contribution in [0.25, 0.3) is 0 Å². The number of carbonyl (C=O) groups is 5. The van der Waals surface area contributed by atoms with Gasteiger partial charge in [0.1, 0.15) is 18.8 Å². The van der Waals surface area contributed by atoms with Crippen molar-refractivity contribution in [3.63, 3.8) is 0 Å². The van der Waals surface area contributed by atoms with Crippen LogP contribution < -0.4 is 0 Å². The van der Waals surface area contributed by atoms with Gasteiger partial charge in [-0.25, -0.2) is 0 Å². The van der Waals surface area contributed by atoms with E-state index in [1.807, 2.05) is 6.92 Å². The molecule has 4 fully saturated rings. The van der Waals surface area contributed by atoms with Crippen molar-refractivity contribution in [3.8, 4) is 0 Å². The van der Waals surface area contributed by atoms with Crippen LogP contribution in [-0.4, -0.2) is 79.4 Å². The summed E-state index contributed by atoms with van der Waals surface area (Å²) in [7, 11) is 0. The SMILES string of the molecule is C=C1CCC2C(C)C(=O)OC2C2C(=C)C(OC3OC(COC(C)=O)C(OC(C)=O)C(OC(C)=O)C3OC(C)=O)CC12. The van der Waals surface area contributed by atoms with Crippen LogP contribution in [0.15, 0.2) is 24.3 Å². The van der Waals surface area contributed by atoms with Gasteiger partial charge in [-0.2, -0.15) is 0 Å². The molecule has 0 amide bonds. The molecular weight excluding hydrogens is 540 g/mol. The number of hydrogen-bond acceptors (Lipinski definition) is 12. The summed E-state index contributed by atoms with van der Waals surface area (Å²) >= 11 is 0. The summed E-state index contributed by atoms with van der Waals surface area (Å²) < 4.78 is 39.9. The Hall–Kier alpha value is -3.25. The average molecular weight is 579 g/mol. The molecule has 2 saturated heterocycles. The summed E-state index contributed by atoms with van der Waals surface area (Å²) in [4.78, 5) is 60.3. The van der Waals surface area contributed by atoms with Crippen molar-refractivity contribution in [3.05, 3.63) is 24.3 Å². The Labute approximate surface area is 238 Å². The van der Waals surface area contributed by atoms with E-state index in [0.29, 0.717) is 12.0 Å². The quantitative estimate of drug-likeness (QED) is 0.247. The van der Waals surface area contributed by atoms with Gasteiger partial charge in [0.05, 0.1) is 12.0 Å². The summed E-state index contributed by atoms with van der Waals surface area (Å²) in [6.07, 6.45) is -5.40. The zero-order valence-electron chi connectivity index (χ0n) is 24.0. The topological polar surface area (TPSA) is 150 Å². The summed E-state index contributed by atoms with van der Waals surface area (Å²) in [5, 5.41) is 0. The predicted molar refractivity (Wildman–Crippen MR) is 138 cm³/mol. The molecule has 11 atom stereocenters. The Morgan fingerprint density at radius 1 is 0.902 bits per heavy atom. The van der Waals surface area contributed by atoms with Crippen molar-refractivity contribution in [2.45, 2.75) is 96.8 Å². The number of hydrogen-bond donors (Lipinski definition) is 0. The predicted octanol–water partition coefficient (Wildman–Crippen LogP) is 2.17. The van der Waals surface area contributed by atoms with E-state index in [2.05, 4.69) is 13.2 Å². The van der Waals surface area contributed by atoms with E-state index in [-0.39, 0.29) is 42.4 Å². The highest BCUT2D eigenvalue weighted by molar-refractivity contribution is 5.75. The van der Waals surface area contributed by atoms with Crippen molar-refractivity contribution in [2.24, 2.45) is 23.7 Å². The Bertz CT molecular complexity index is 1110. The molecule has 0 aromatic rings. The van der Waals surface area contributed by atoms with Gasteiger partial charge in [-0.1, -0.05) is 25.7 Å². The van der Waals surface area contributed by atoms with Gasteiger partial charge in [0.25, 0.3) is 0 Å². The first-order valence-corrected chi connectivity index (χ1v) is 13.8. The summed E-state index contributed by atoms with van der Waals surface area (Å²) in [5.74, 6) is -3.52. The molecule has 2 aliphatic carbocycles. The van der Waals surface area contributed by atoms with Crippen LogP contribution in [0.3, 0.4) is 0 Å². The normalized spacial score (nSPS) is 38.2. The highest BCUT2D eigenvalue weighted by Crippen LogP contribution is 2.53. The smallest absolute Gasteiger partial charge is 0.309 e. The van der Waals surface area contributed by atoms with Crippen LogP contribution >= 0.6 is 0 Å². The lowest BCUT2D eigenvalue weighted by Crippen LogP contribution is -2.63. The van der Waals surface area contributed by atoms with E-state index in [0.717, 1.165) is 32.3 Å². The van der Waals surface area contributed by atoms with Gasteiger partial charge < -0.3 is 33.2 Å². The lowest BCUT2D eigenvalue weighted by Gasteiger charge is -2.44. The molecule has 12 nitrogen and oxygen atoms in total. The first kappa shape index (κ1) is 30.7. The Balaban J connectivity index is 1.65. The highest BCUT2D eigenvalue weighted by Gasteiger charge is 2.57. The molecule has 0 spiro atoms. The minimum Gasteiger partial charge on any atom is -0.463 e. The second kappa shape index (κ2) is 12.3. The van der Waals surface area contributed by atoms with Crippen LogP contribution in [0, 0.1) is 23.7 Å². The number of carbonyl (C=O) groups excluding carboxylic acids is 5. The summed E-state index contributed by atoms with van der Waals surface area (Å²) in [5.41, 5.74) is 1.70. The third-order valence-electron chi connectivity index (χ3n) is 8.36. The van der Waals surface area contributed by atoms with Crippen molar-refractivity contribution in [1.29, 1.82) is 0 Å². The first-order chi connectivity index (χ1) is 19.3. The maximum atomic E-state index is 12.5. The van der Waals surface area contributed by atoms with Crippen molar-refractivity contribution in [2.75, 3.05) is 6.61 Å². The number of allylic oxidation sites excluding steroid dienone is 1. The Morgan fingerprint density at radius 3 is 2.12 bits per heavy atom. The lowest BCUT2D eigenvalue weighted by atomic mass is 9.80. The summed E-state index contributed by atoms with van der Waals surface area (Å²) in [6, 6.07) is 0. The second-order valence-electron chi connectivity index (χ2n) is 11.2. The highest BCUT2D eigenvalue weighted by atomic mass is 16.7. The van der Waals surface area contributed by atoms with E-state index < -0.39 is 60.7 Å². The van der Waals surface area contributed by atoms with Gasteiger partial charge in [0.2, 0.25) is 0 Å². The zero-order valence-corrected chi connectivity index (χ0v) is 24.0. The molecule has 12 heteroatoms. The number of rotatable bonds is 7. The van der Waals surface area contributed by atoms with Gasteiger partial charge in [0, 0.05) is 39.5 Å². The van der Waals surface area contributed by atoms with Gasteiger partial charge >= 0.3 is 29.8 Å². The van der Waals surface area contributed by atoms with Gasteiger partial charge in [-0.05, 0) is 30.8 Å². The first-order valence-electron chi connectivity index (χ1n) is 13.8. The van der Waals surface area contributed by atoms with E-state index in [4.69, 9.17) is 33.2 Å². The molecule has 11 unspecified atom stereocenters. The molecule has 4 rings (SSSR count). The molecule has 4 aliphatic rings. The zero-order chi connectivity index (χ0) is 30.2. The van der Waals surface area contributed by atoms with Crippen molar-refractivity contribution < 1.29 is 57.1 Å². The van der Waals surface area contributed by atoms with E-state index in [1.165, 1.54) is 13.8 Å². The van der Waals surface area contributed by atoms with Gasteiger partial charge in [0.15, 0.2) is 24.6 Å². The standard InChI is InChI=1S/C29H38O12/c1-12-8-9-19-13(2)28(34)41-24(19)23-14(3)21(10-20(12)23)39-29-27(38-18(7)33)26(37-17(6)32)25(36-16(5)31)22(40-29)11-35-15(4)30/h13,19-27,29H,1,3,8-11H2,2,4-7H3. The fourth-order valence-electron chi connectivity index (χ4n) is 6.54. The van der Waals surface area contributed by atoms with Crippen LogP contribution in [0.2, 0.25) is 0 Å². The number of ether oxygens (including phenoxy) is 7. The van der Waals surface area contributed by atoms with Crippen molar-refractivity contribution >= 4 is 29.8 Å². The average Bonchev–Trinajstić information content (AvgIpc) is 3.29. The van der Waals surface area contributed by atoms with E-state index in [1.54, 1.807) is 0 Å². The maximum Gasteiger partial charge on any atom is 0.309 e. The molecule has 2 saturated carbocycles. The largest absolute Gasteiger partial charge is 0.463 e. The van der Waals surface area contributed by atoms with Crippen LogP contribution in [-0.2, 0) is 57.1 Å². The van der Waals surface area contributed by atoms with Gasteiger partial charge in [-0.15, -0.1) is 0 Å². The monoisotopic (exact) mass is 578 g/mol. The molecule has 0 bridgehead atoms. The third kappa shape index (κ3) is 6.48. The lowest BCUT2D eigenvalue weighted by molar-refractivity contribution is -0.314. The number of fused-ring (bicyclic) bond motifs is 3. The molecule has 0 radical (unpaired) electrons. The third-order valence-corrected chi connectivity index (χ3v) is 8.36. The van der Waals surface area contributed by atoms with Crippen LogP contribution in [0.5, 0.6) is 0 Å². The molecule has 2 heterocycles. The Morgan fingerprint density at radius 2 is 1.51 bits per heavy atom. The molecule has 226 valence electrons. The molecule has 41 heavy (non-hydrogen) atoms. The second-order valence-corrected chi connectivity index (χ2v) is 11.2. The maximum absolute atomic E-state index is 12.5. The molecular formula is C29H38O12. The van der Waals surface area contributed by atoms with E-state index in [9.17, 15) is 24.0 Å². The van der Waals surface area contributed by atoms with Crippen molar-refractivity contribution in [1.82, 2.24) is 0 Å². The van der Waals surface area contributed by atoms with E-state index >= 15 is 0 Å². The summed E-state index contributed by atoms with van der Waals surface area (Å²) in [6.45, 7) is 14.8. The molecule has 0 aromatic heterocycles. The number of esters is 5. The van der Waals surface area contributed by atoms with Crippen LogP contribution in [0.1, 0.15) is 53.9 Å². The minimum atomic E-state index is -1.34. The molecule has 0 aromatic carbocycles. The van der Waals surface area contributed by atoms with Crippen LogP contribution in [0.4, 0.5) is 0 Å².